The molecule has 0 saturated heterocycles. The van der Waals surface area contributed by atoms with Crippen LogP contribution in [0.5, 0.6) is 0 Å². The van der Waals surface area contributed by atoms with E-state index in [-0.39, 0.29) is 36.2 Å². The first-order valence-electron chi connectivity index (χ1n) is 10.9. The first-order chi connectivity index (χ1) is 15.9. The second kappa shape index (κ2) is 10.7. The Kier molecular flexibility index (Phi) is 7.91. The number of hydrogen-bond donors (Lipinski definition) is 3. The topological polar surface area (TPSA) is 93.5 Å². The monoisotopic (exact) mass is 483 g/mol. The van der Waals surface area contributed by atoms with Crippen molar-refractivity contribution < 1.29 is 18.7 Å². The van der Waals surface area contributed by atoms with Gasteiger partial charge in [-0.05, 0) is 60.4 Å². The Morgan fingerprint density at radius 1 is 1.06 bits per heavy atom. The fourth-order valence-electron chi connectivity index (χ4n) is 3.79. The highest BCUT2D eigenvalue weighted by Crippen LogP contribution is 2.51. The number of hydrogen-bond acceptors (Lipinski definition) is 4. The summed E-state index contributed by atoms with van der Waals surface area (Å²) < 4.78 is 19.7. The third-order valence-electron chi connectivity index (χ3n) is 6.03. The molecule has 0 aromatic heterocycles. The van der Waals surface area contributed by atoms with Gasteiger partial charge in [-0.3, -0.25) is 10.1 Å². The molecule has 1 aliphatic rings. The Morgan fingerprint density at radius 3 is 2.38 bits per heavy atom. The SMILES string of the molecule is CC[C@]1(N)C[C@H]1c1ccc(NC(=O)c2ccc(NC(=O)OCc3ccccc3)cc2)c(F)c1.Cl. The minimum absolute atomic E-state index is 0. The zero-order valence-electron chi connectivity index (χ0n) is 18.7. The van der Waals surface area contributed by atoms with E-state index in [4.69, 9.17) is 10.5 Å². The van der Waals surface area contributed by atoms with Crippen LogP contribution in [0, 0.1) is 5.82 Å². The van der Waals surface area contributed by atoms with E-state index in [1.807, 2.05) is 43.3 Å². The molecule has 34 heavy (non-hydrogen) atoms. The first-order valence-corrected chi connectivity index (χ1v) is 10.9. The van der Waals surface area contributed by atoms with Crippen LogP contribution >= 0.6 is 12.4 Å². The number of halogens is 2. The van der Waals surface area contributed by atoms with Crippen molar-refractivity contribution in [3.63, 3.8) is 0 Å². The van der Waals surface area contributed by atoms with Crippen LogP contribution in [0.2, 0.25) is 0 Å². The van der Waals surface area contributed by atoms with Gasteiger partial charge >= 0.3 is 6.09 Å². The quantitative estimate of drug-likeness (QED) is 0.393. The Morgan fingerprint density at radius 2 is 1.76 bits per heavy atom. The molecule has 1 aliphatic carbocycles. The first kappa shape index (κ1) is 25.2. The van der Waals surface area contributed by atoms with Crippen molar-refractivity contribution in [2.75, 3.05) is 10.6 Å². The zero-order chi connectivity index (χ0) is 23.4. The van der Waals surface area contributed by atoms with E-state index in [0.717, 1.165) is 24.0 Å². The van der Waals surface area contributed by atoms with Gasteiger partial charge < -0.3 is 15.8 Å². The molecule has 4 rings (SSSR count). The van der Waals surface area contributed by atoms with Crippen LogP contribution in [0.1, 0.15) is 47.2 Å². The van der Waals surface area contributed by atoms with Gasteiger partial charge in [0.1, 0.15) is 12.4 Å². The number of carbonyl (C=O) groups is 2. The summed E-state index contributed by atoms with van der Waals surface area (Å²) in [6.45, 7) is 2.18. The van der Waals surface area contributed by atoms with Crippen molar-refractivity contribution in [3.8, 4) is 0 Å². The smallest absolute Gasteiger partial charge is 0.411 e. The van der Waals surface area contributed by atoms with Crippen molar-refractivity contribution in [1.82, 2.24) is 0 Å². The fourth-order valence-corrected chi connectivity index (χ4v) is 3.79. The number of ether oxygens (including phenoxy) is 1. The molecule has 0 bridgehead atoms. The molecule has 0 spiro atoms. The average Bonchev–Trinajstić information content (AvgIpc) is 3.52. The summed E-state index contributed by atoms with van der Waals surface area (Å²) in [5.74, 6) is -0.792. The molecule has 3 aromatic rings. The van der Waals surface area contributed by atoms with Gasteiger partial charge in [-0.2, -0.15) is 0 Å². The molecule has 8 heteroatoms. The normalized spacial score (nSPS) is 18.4. The molecule has 0 aliphatic heterocycles. The second-order valence-electron chi connectivity index (χ2n) is 8.30. The lowest BCUT2D eigenvalue weighted by Crippen LogP contribution is -2.22. The minimum atomic E-state index is -0.599. The molecule has 2 amide bonds. The van der Waals surface area contributed by atoms with Crippen LogP contribution in [0.25, 0.3) is 0 Å². The summed E-state index contributed by atoms with van der Waals surface area (Å²) in [4.78, 5) is 24.5. The summed E-state index contributed by atoms with van der Waals surface area (Å²) in [6.07, 6.45) is 1.08. The highest BCUT2D eigenvalue weighted by molar-refractivity contribution is 6.04. The molecule has 1 saturated carbocycles. The molecule has 0 radical (unpaired) electrons. The molecule has 4 N–H and O–H groups in total. The molecule has 3 aromatic carbocycles. The predicted octanol–water partition coefficient (Wildman–Crippen LogP) is 5.84. The molecule has 2 atom stereocenters. The zero-order valence-corrected chi connectivity index (χ0v) is 19.5. The van der Waals surface area contributed by atoms with Crippen molar-refractivity contribution in [2.45, 2.75) is 37.8 Å². The lowest BCUT2D eigenvalue weighted by molar-refractivity contribution is 0.102. The summed E-state index contributed by atoms with van der Waals surface area (Å²) in [5, 5.41) is 5.20. The van der Waals surface area contributed by atoms with Crippen LogP contribution in [0.15, 0.2) is 72.8 Å². The predicted molar refractivity (Wildman–Crippen MR) is 133 cm³/mol. The van der Waals surface area contributed by atoms with Gasteiger partial charge in [0, 0.05) is 22.7 Å². The number of nitrogens with two attached hydrogens (primary N) is 1. The lowest BCUT2D eigenvalue weighted by Gasteiger charge is -2.11. The minimum Gasteiger partial charge on any atom is -0.444 e. The number of anilines is 2. The highest BCUT2D eigenvalue weighted by Gasteiger charge is 2.50. The van der Waals surface area contributed by atoms with Gasteiger partial charge in [0.05, 0.1) is 5.69 Å². The Balaban J connectivity index is 0.00000324. The maximum atomic E-state index is 14.6. The number of amides is 2. The second-order valence-corrected chi connectivity index (χ2v) is 8.30. The van der Waals surface area contributed by atoms with Gasteiger partial charge in [0.2, 0.25) is 0 Å². The van der Waals surface area contributed by atoms with Gasteiger partial charge in [0.15, 0.2) is 0 Å². The third kappa shape index (κ3) is 5.92. The van der Waals surface area contributed by atoms with Crippen molar-refractivity contribution in [1.29, 1.82) is 0 Å². The molecule has 178 valence electrons. The highest BCUT2D eigenvalue weighted by atomic mass is 35.5. The van der Waals surface area contributed by atoms with E-state index in [9.17, 15) is 14.0 Å². The van der Waals surface area contributed by atoms with Gasteiger partial charge in [-0.15, -0.1) is 12.4 Å². The molecule has 0 unspecified atom stereocenters. The van der Waals surface area contributed by atoms with E-state index >= 15 is 0 Å². The van der Waals surface area contributed by atoms with Crippen molar-refractivity contribution >= 4 is 35.8 Å². The van der Waals surface area contributed by atoms with Crippen LogP contribution in [0.3, 0.4) is 0 Å². The molecule has 0 heterocycles. The van der Waals surface area contributed by atoms with Crippen LogP contribution in [0.4, 0.5) is 20.6 Å². The van der Waals surface area contributed by atoms with Gasteiger partial charge in [-0.1, -0.05) is 43.3 Å². The molecule has 1 fully saturated rings. The van der Waals surface area contributed by atoms with E-state index in [0.29, 0.717) is 11.3 Å². The Hall–Kier alpha value is -3.42. The number of benzene rings is 3. The molecular weight excluding hydrogens is 457 g/mol. The summed E-state index contributed by atoms with van der Waals surface area (Å²) in [5.41, 5.74) is 8.62. The van der Waals surface area contributed by atoms with Crippen LogP contribution in [-0.4, -0.2) is 17.5 Å². The standard InChI is InChI=1S/C26H26FN3O3.ClH/c1-2-26(28)15-21(26)19-10-13-23(22(27)14-19)30-24(31)18-8-11-20(12-9-18)29-25(32)33-16-17-6-4-3-5-7-17;/h3-14,21H,2,15-16,28H2,1H3,(H,29,32)(H,30,31);1H/t21-,26-;/m0./s1. The van der Waals surface area contributed by atoms with E-state index in [1.54, 1.807) is 30.3 Å². The summed E-state index contributed by atoms with van der Waals surface area (Å²) in [7, 11) is 0. The van der Waals surface area contributed by atoms with Gasteiger partial charge in [0.25, 0.3) is 5.91 Å². The summed E-state index contributed by atoms with van der Waals surface area (Å²) in [6, 6.07) is 20.4. The Labute approximate surface area is 204 Å². The molecule has 6 nitrogen and oxygen atoms in total. The number of carbonyl (C=O) groups excluding carboxylic acids is 2. The fraction of sp³-hybridized carbons (Fsp3) is 0.231. The van der Waals surface area contributed by atoms with E-state index in [1.165, 1.54) is 6.07 Å². The van der Waals surface area contributed by atoms with E-state index in [2.05, 4.69) is 10.6 Å². The van der Waals surface area contributed by atoms with Crippen LogP contribution < -0.4 is 16.4 Å². The van der Waals surface area contributed by atoms with Gasteiger partial charge in [-0.25, -0.2) is 9.18 Å². The van der Waals surface area contributed by atoms with E-state index < -0.39 is 17.8 Å². The largest absolute Gasteiger partial charge is 0.444 e. The third-order valence-corrected chi connectivity index (χ3v) is 6.03. The van der Waals surface area contributed by atoms with Crippen LogP contribution in [-0.2, 0) is 11.3 Å². The summed E-state index contributed by atoms with van der Waals surface area (Å²) >= 11 is 0. The number of nitrogens with one attached hydrogen (secondary N) is 2. The Bertz CT molecular complexity index is 1160. The number of rotatable bonds is 7. The maximum absolute atomic E-state index is 14.6. The molecular formula is C26H27ClFN3O3. The maximum Gasteiger partial charge on any atom is 0.411 e. The van der Waals surface area contributed by atoms with Crippen molar-refractivity contribution in [3.05, 3.63) is 95.3 Å². The lowest BCUT2D eigenvalue weighted by atomic mass is 10.0. The van der Waals surface area contributed by atoms with Crippen molar-refractivity contribution in [2.24, 2.45) is 5.73 Å². The average molecular weight is 484 g/mol.